The normalized spacial score (nSPS) is 13.7. The van der Waals surface area contributed by atoms with Crippen molar-refractivity contribution in [3.8, 4) is 0 Å². The molecule has 0 bridgehead atoms. The van der Waals surface area contributed by atoms with E-state index in [4.69, 9.17) is 16.3 Å². The fourth-order valence-electron chi connectivity index (χ4n) is 2.26. The van der Waals surface area contributed by atoms with Crippen molar-refractivity contribution in [2.75, 3.05) is 11.5 Å². The minimum absolute atomic E-state index is 0.0471. The Labute approximate surface area is 140 Å². The molecule has 0 saturated heterocycles. The summed E-state index contributed by atoms with van der Waals surface area (Å²) >= 11 is 5.73. The van der Waals surface area contributed by atoms with Gasteiger partial charge in [-0.05, 0) is 11.6 Å². The Bertz CT molecular complexity index is 802. The third kappa shape index (κ3) is 3.35. The van der Waals surface area contributed by atoms with E-state index in [0.717, 1.165) is 12.1 Å². The lowest BCUT2D eigenvalue weighted by Crippen LogP contribution is -2.23. The summed E-state index contributed by atoms with van der Waals surface area (Å²) < 4.78 is 45.2. The lowest BCUT2D eigenvalue weighted by atomic mass is 10.2. The van der Waals surface area contributed by atoms with Crippen LogP contribution in [0.3, 0.4) is 0 Å². The third-order valence-corrected chi connectivity index (χ3v) is 3.63. The van der Waals surface area contributed by atoms with Crippen LogP contribution in [0.15, 0.2) is 42.2 Å². The molecule has 0 saturated carbocycles. The average molecular weight is 355 g/mol. The molecular weight excluding hydrogens is 345 g/mol. The SMILES string of the molecule is O=C1C=C(N(Cc2ccc(Cl)nc2)c2cc(F)c(F)c(F)c2)CO1. The standard InChI is InChI=1S/C16H10ClF3N2O2/c17-14-2-1-9(6-21-14)7-22(11-5-15(23)24-8-11)10-3-12(18)16(20)13(19)4-10/h1-6H,7-8H2. The predicted molar refractivity (Wildman–Crippen MR) is 80.8 cm³/mol. The van der Waals surface area contributed by atoms with Gasteiger partial charge in [-0.25, -0.2) is 22.9 Å². The quantitative estimate of drug-likeness (QED) is 0.478. The van der Waals surface area contributed by atoms with Crippen molar-refractivity contribution in [1.82, 2.24) is 4.98 Å². The zero-order chi connectivity index (χ0) is 17.3. The van der Waals surface area contributed by atoms with Crippen molar-refractivity contribution in [2.45, 2.75) is 6.54 Å². The highest BCUT2D eigenvalue weighted by Crippen LogP contribution is 2.27. The van der Waals surface area contributed by atoms with Gasteiger partial charge >= 0.3 is 5.97 Å². The maximum Gasteiger partial charge on any atom is 0.333 e. The van der Waals surface area contributed by atoms with Gasteiger partial charge in [-0.1, -0.05) is 17.7 Å². The van der Waals surface area contributed by atoms with Crippen molar-refractivity contribution in [2.24, 2.45) is 0 Å². The molecule has 0 atom stereocenters. The lowest BCUT2D eigenvalue weighted by Gasteiger charge is -2.25. The highest BCUT2D eigenvalue weighted by Gasteiger charge is 2.23. The van der Waals surface area contributed by atoms with Crippen LogP contribution in [-0.2, 0) is 16.1 Å². The molecule has 1 aliphatic rings. The summed E-state index contributed by atoms with van der Waals surface area (Å²) in [5.41, 5.74) is 1.11. The summed E-state index contributed by atoms with van der Waals surface area (Å²) in [4.78, 5) is 16.7. The van der Waals surface area contributed by atoms with E-state index in [9.17, 15) is 18.0 Å². The number of cyclic esters (lactones) is 1. The second-order valence-corrected chi connectivity index (χ2v) is 5.43. The minimum Gasteiger partial charge on any atom is -0.456 e. The average Bonchev–Trinajstić information content (AvgIpc) is 2.98. The maximum atomic E-state index is 13.6. The van der Waals surface area contributed by atoms with E-state index < -0.39 is 23.4 Å². The molecule has 0 unspecified atom stereocenters. The Balaban J connectivity index is 2.00. The van der Waals surface area contributed by atoms with E-state index in [0.29, 0.717) is 16.4 Å². The van der Waals surface area contributed by atoms with E-state index in [1.807, 2.05) is 0 Å². The predicted octanol–water partition coefficient (Wildman–Crippen LogP) is 3.60. The van der Waals surface area contributed by atoms with Crippen LogP contribution in [0.5, 0.6) is 0 Å². The highest BCUT2D eigenvalue weighted by molar-refractivity contribution is 6.29. The molecule has 124 valence electrons. The number of carbonyl (C=O) groups is 1. The highest BCUT2D eigenvalue weighted by atomic mass is 35.5. The Hall–Kier alpha value is -2.54. The molecule has 1 aliphatic heterocycles. The van der Waals surface area contributed by atoms with Gasteiger partial charge in [-0.3, -0.25) is 0 Å². The fourth-order valence-corrected chi connectivity index (χ4v) is 2.37. The van der Waals surface area contributed by atoms with Gasteiger partial charge < -0.3 is 9.64 Å². The van der Waals surface area contributed by atoms with Gasteiger partial charge in [-0.2, -0.15) is 0 Å². The smallest absolute Gasteiger partial charge is 0.333 e. The number of pyridine rings is 1. The number of rotatable bonds is 4. The van der Waals surface area contributed by atoms with Crippen LogP contribution >= 0.6 is 11.6 Å². The summed E-state index contributed by atoms with van der Waals surface area (Å²) in [5, 5.41) is 0.294. The number of halogens is 4. The van der Waals surface area contributed by atoms with E-state index in [2.05, 4.69) is 4.98 Å². The lowest BCUT2D eigenvalue weighted by molar-refractivity contribution is -0.134. The van der Waals surface area contributed by atoms with Crippen molar-refractivity contribution in [3.63, 3.8) is 0 Å². The van der Waals surface area contributed by atoms with Gasteiger partial charge in [-0.15, -0.1) is 0 Å². The first-order valence-corrected chi connectivity index (χ1v) is 7.21. The molecule has 1 aromatic carbocycles. The van der Waals surface area contributed by atoms with E-state index in [1.165, 1.54) is 17.2 Å². The number of esters is 1. The van der Waals surface area contributed by atoms with Gasteiger partial charge in [0.2, 0.25) is 0 Å². The molecule has 4 nitrogen and oxygen atoms in total. The molecule has 3 rings (SSSR count). The van der Waals surface area contributed by atoms with E-state index in [-0.39, 0.29) is 18.8 Å². The zero-order valence-corrected chi connectivity index (χ0v) is 12.9. The summed E-state index contributed by atoms with van der Waals surface area (Å²) in [7, 11) is 0. The molecule has 0 amide bonds. The summed E-state index contributed by atoms with van der Waals surface area (Å²) in [6, 6.07) is 4.94. The Kier molecular flexibility index (Phi) is 4.44. The van der Waals surface area contributed by atoms with Gasteiger partial charge in [0.25, 0.3) is 0 Å². The summed E-state index contributed by atoms with van der Waals surface area (Å²) in [5.74, 6) is -4.77. The molecule has 8 heteroatoms. The van der Waals surface area contributed by atoms with E-state index in [1.54, 1.807) is 12.1 Å². The first-order valence-electron chi connectivity index (χ1n) is 6.84. The number of anilines is 1. The molecule has 0 N–H and O–H groups in total. The van der Waals surface area contributed by atoms with Crippen LogP contribution in [0.4, 0.5) is 18.9 Å². The van der Waals surface area contributed by atoms with Crippen molar-refractivity contribution < 1.29 is 22.7 Å². The van der Waals surface area contributed by atoms with Crippen molar-refractivity contribution in [3.05, 3.63) is 70.4 Å². The number of carbonyl (C=O) groups excluding carboxylic acids is 1. The maximum absolute atomic E-state index is 13.6. The number of nitrogens with zero attached hydrogens (tertiary/aromatic N) is 2. The molecule has 2 heterocycles. The first-order chi connectivity index (χ1) is 11.4. The number of hydrogen-bond donors (Lipinski definition) is 0. The Morgan fingerprint density at radius 1 is 1.21 bits per heavy atom. The molecule has 2 aromatic rings. The number of benzene rings is 1. The summed E-state index contributed by atoms with van der Waals surface area (Å²) in [6.07, 6.45) is 2.70. The van der Waals surface area contributed by atoms with Crippen LogP contribution in [0.1, 0.15) is 5.56 Å². The first kappa shape index (κ1) is 16.3. The minimum atomic E-state index is -1.56. The zero-order valence-electron chi connectivity index (χ0n) is 12.1. The molecule has 0 radical (unpaired) electrons. The Morgan fingerprint density at radius 2 is 1.92 bits per heavy atom. The molecule has 24 heavy (non-hydrogen) atoms. The molecule has 0 fully saturated rings. The number of ether oxygens (including phenoxy) is 1. The second kappa shape index (κ2) is 6.52. The van der Waals surface area contributed by atoms with Gasteiger partial charge in [0.1, 0.15) is 11.8 Å². The largest absolute Gasteiger partial charge is 0.456 e. The van der Waals surface area contributed by atoms with Crippen molar-refractivity contribution >= 4 is 23.3 Å². The topological polar surface area (TPSA) is 42.4 Å². The van der Waals surface area contributed by atoms with Gasteiger partial charge in [0.05, 0.1) is 5.70 Å². The van der Waals surface area contributed by atoms with Crippen molar-refractivity contribution in [1.29, 1.82) is 0 Å². The molecule has 1 aromatic heterocycles. The molecule has 0 aliphatic carbocycles. The monoisotopic (exact) mass is 354 g/mol. The van der Waals surface area contributed by atoms with Crippen LogP contribution in [0.25, 0.3) is 0 Å². The summed E-state index contributed by atoms with van der Waals surface area (Å²) in [6.45, 7) is 0.0810. The van der Waals surface area contributed by atoms with Gasteiger partial charge in [0, 0.05) is 36.6 Å². The number of aromatic nitrogens is 1. The second-order valence-electron chi connectivity index (χ2n) is 5.04. The third-order valence-electron chi connectivity index (χ3n) is 3.40. The van der Waals surface area contributed by atoms with Crippen LogP contribution in [0, 0.1) is 17.5 Å². The fraction of sp³-hybridized carbons (Fsp3) is 0.125. The van der Waals surface area contributed by atoms with Crippen LogP contribution in [-0.4, -0.2) is 17.6 Å². The molecule has 0 spiro atoms. The van der Waals surface area contributed by atoms with Gasteiger partial charge in [0.15, 0.2) is 17.5 Å². The van der Waals surface area contributed by atoms with Crippen LogP contribution in [0.2, 0.25) is 5.15 Å². The Morgan fingerprint density at radius 3 is 2.46 bits per heavy atom. The van der Waals surface area contributed by atoms with E-state index >= 15 is 0 Å². The van der Waals surface area contributed by atoms with Crippen LogP contribution < -0.4 is 4.90 Å². The number of hydrogen-bond acceptors (Lipinski definition) is 4. The molecular formula is C16H10ClF3N2O2.